The first-order valence-electron chi connectivity index (χ1n) is 6.67. The van der Waals surface area contributed by atoms with Gasteiger partial charge >= 0.3 is 0 Å². The Hall–Kier alpha value is -2.60. The number of anilines is 1. The molecule has 0 fully saturated rings. The molecule has 0 aliphatic carbocycles. The number of carbonyl (C=O) groups excluding carboxylic acids is 1. The molecule has 0 atom stereocenters. The van der Waals surface area contributed by atoms with Crippen LogP contribution in [-0.4, -0.2) is 19.2 Å². The predicted molar refractivity (Wildman–Crippen MR) is 85.6 cm³/mol. The smallest absolute Gasteiger partial charge is 0.261 e. The van der Waals surface area contributed by atoms with Gasteiger partial charge < -0.3 is 4.98 Å². The minimum absolute atomic E-state index is 0.102. The van der Waals surface area contributed by atoms with Crippen molar-refractivity contribution in [2.24, 2.45) is 0 Å². The summed E-state index contributed by atoms with van der Waals surface area (Å²) in [4.78, 5) is 14.4. The number of aromatic nitrogens is 1. The summed E-state index contributed by atoms with van der Waals surface area (Å²) in [7, 11) is -3.68. The maximum absolute atomic E-state index is 12.4. The number of ketones is 1. The molecule has 0 aliphatic rings. The Balaban J connectivity index is 1.90. The number of H-pyrrole nitrogens is 1. The fourth-order valence-electron chi connectivity index (χ4n) is 2.20. The Morgan fingerprint density at radius 3 is 2.45 bits per heavy atom. The van der Waals surface area contributed by atoms with Gasteiger partial charge in [-0.1, -0.05) is 12.1 Å². The molecule has 22 heavy (non-hydrogen) atoms. The van der Waals surface area contributed by atoms with Gasteiger partial charge in [0.15, 0.2) is 5.78 Å². The van der Waals surface area contributed by atoms with Crippen LogP contribution in [0.4, 0.5) is 5.69 Å². The second kappa shape index (κ2) is 5.31. The van der Waals surface area contributed by atoms with Crippen molar-refractivity contribution in [3.05, 3.63) is 60.3 Å². The van der Waals surface area contributed by atoms with E-state index >= 15 is 0 Å². The second-order valence-electron chi connectivity index (χ2n) is 4.97. The standard InChI is InChI=1S/C16H14N2O3S/c1-11(19)12-2-5-15(6-3-12)22(20,21)18-14-4-7-16-13(10-14)8-9-17-16/h2-10,17-18H,1H3. The largest absolute Gasteiger partial charge is 0.361 e. The number of fused-ring (bicyclic) bond motifs is 1. The maximum Gasteiger partial charge on any atom is 0.261 e. The third kappa shape index (κ3) is 2.73. The predicted octanol–water partition coefficient (Wildman–Crippen LogP) is 3.17. The zero-order valence-electron chi connectivity index (χ0n) is 11.8. The summed E-state index contributed by atoms with van der Waals surface area (Å²) in [6.07, 6.45) is 1.80. The molecule has 1 heterocycles. The van der Waals surface area contributed by atoms with Crippen LogP contribution in [0.25, 0.3) is 10.9 Å². The van der Waals surface area contributed by atoms with E-state index in [0.717, 1.165) is 10.9 Å². The van der Waals surface area contributed by atoms with Crippen LogP contribution in [0.1, 0.15) is 17.3 Å². The molecule has 0 saturated carbocycles. The van der Waals surface area contributed by atoms with Gasteiger partial charge in [0.25, 0.3) is 10.0 Å². The summed E-state index contributed by atoms with van der Waals surface area (Å²) in [6.45, 7) is 1.44. The summed E-state index contributed by atoms with van der Waals surface area (Å²) in [5.74, 6) is -0.102. The number of sulfonamides is 1. The average molecular weight is 314 g/mol. The van der Waals surface area contributed by atoms with E-state index in [0.29, 0.717) is 11.3 Å². The first-order chi connectivity index (χ1) is 10.5. The van der Waals surface area contributed by atoms with Gasteiger partial charge in [-0.05, 0) is 43.3 Å². The average Bonchev–Trinajstić information content (AvgIpc) is 2.94. The highest BCUT2D eigenvalue weighted by Gasteiger charge is 2.14. The van der Waals surface area contributed by atoms with E-state index in [1.54, 1.807) is 18.3 Å². The Morgan fingerprint density at radius 1 is 1.05 bits per heavy atom. The lowest BCUT2D eigenvalue weighted by molar-refractivity contribution is 0.101. The van der Waals surface area contributed by atoms with E-state index in [4.69, 9.17) is 0 Å². The van der Waals surface area contributed by atoms with E-state index < -0.39 is 10.0 Å². The van der Waals surface area contributed by atoms with E-state index in [2.05, 4.69) is 9.71 Å². The summed E-state index contributed by atoms with van der Waals surface area (Å²) < 4.78 is 27.2. The van der Waals surface area contributed by atoms with Crippen LogP contribution in [0, 0.1) is 0 Å². The van der Waals surface area contributed by atoms with Crippen LogP contribution in [0.15, 0.2) is 59.6 Å². The first-order valence-corrected chi connectivity index (χ1v) is 8.15. The first kappa shape index (κ1) is 14.3. The lowest BCUT2D eigenvalue weighted by Gasteiger charge is -2.08. The number of benzene rings is 2. The maximum atomic E-state index is 12.4. The van der Waals surface area contributed by atoms with Crippen molar-refractivity contribution in [2.45, 2.75) is 11.8 Å². The fourth-order valence-corrected chi connectivity index (χ4v) is 3.25. The number of nitrogens with one attached hydrogen (secondary N) is 2. The Kier molecular flexibility index (Phi) is 3.46. The van der Waals surface area contributed by atoms with Crippen molar-refractivity contribution >= 4 is 32.4 Å². The molecule has 3 aromatic rings. The molecule has 0 bridgehead atoms. The van der Waals surface area contributed by atoms with Crippen LogP contribution < -0.4 is 4.72 Å². The van der Waals surface area contributed by atoms with E-state index in [1.165, 1.54) is 31.2 Å². The van der Waals surface area contributed by atoms with Gasteiger partial charge in [-0.3, -0.25) is 9.52 Å². The number of Topliss-reactive ketones (excluding diaryl/α,β-unsaturated/α-hetero) is 1. The van der Waals surface area contributed by atoms with E-state index in [1.807, 2.05) is 12.1 Å². The molecule has 5 nitrogen and oxygen atoms in total. The Bertz CT molecular complexity index is 941. The molecule has 0 amide bonds. The van der Waals surface area contributed by atoms with Crippen LogP contribution in [0.2, 0.25) is 0 Å². The topological polar surface area (TPSA) is 79.0 Å². The fraction of sp³-hybridized carbons (Fsp3) is 0.0625. The summed E-state index contributed by atoms with van der Waals surface area (Å²) >= 11 is 0. The highest BCUT2D eigenvalue weighted by molar-refractivity contribution is 7.92. The lowest BCUT2D eigenvalue weighted by atomic mass is 10.2. The van der Waals surface area contributed by atoms with Crippen LogP contribution in [-0.2, 0) is 10.0 Å². The third-order valence-corrected chi connectivity index (χ3v) is 4.77. The molecule has 0 saturated heterocycles. The van der Waals surface area contributed by atoms with Crippen molar-refractivity contribution in [3.63, 3.8) is 0 Å². The van der Waals surface area contributed by atoms with Gasteiger partial charge in [0.2, 0.25) is 0 Å². The molecule has 0 spiro atoms. The molecule has 2 aromatic carbocycles. The van der Waals surface area contributed by atoms with Crippen molar-refractivity contribution in [2.75, 3.05) is 4.72 Å². The molecule has 0 aliphatic heterocycles. The van der Waals surface area contributed by atoms with Crippen molar-refractivity contribution in [1.29, 1.82) is 0 Å². The monoisotopic (exact) mass is 314 g/mol. The molecular formula is C16H14N2O3S. The van der Waals surface area contributed by atoms with Gasteiger partial charge in [0.1, 0.15) is 0 Å². The van der Waals surface area contributed by atoms with Crippen molar-refractivity contribution < 1.29 is 13.2 Å². The Morgan fingerprint density at radius 2 is 1.77 bits per heavy atom. The zero-order chi connectivity index (χ0) is 15.7. The van der Waals surface area contributed by atoms with Gasteiger partial charge in [0.05, 0.1) is 4.90 Å². The molecule has 0 unspecified atom stereocenters. The number of hydrogen-bond donors (Lipinski definition) is 2. The van der Waals surface area contributed by atoms with Crippen LogP contribution in [0.3, 0.4) is 0 Å². The third-order valence-electron chi connectivity index (χ3n) is 3.38. The van der Waals surface area contributed by atoms with Crippen molar-refractivity contribution in [3.8, 4) is 0 Å². The minimum Gasteiger partial charge on any atom is -0.361 e. The second-order valence-corrected chi connectivity index (χ2v) is 6.65. The Labute approximate surface area is 128 Å². The highest BCUT2D eigenvalue weighted by atomic mass is 32.2. The number of hydrogen-bond acceptors (Lipinski definition) is 3. The molecule has 0 radical (unpaired) electrons. The minimum atomic E-state index is -3.68. The summed E-state index contributed by atoms with van der Waals surface area (Å²) in [6, 6.07) is 13.0. The molecule has 2 N–H and O–H groups in total. The van der Waals surface area contributed by atoms with Gasteiger partial charge in [-0.25, -0.2) is 8.42 Å². The lowest BCUT2D eigenvalue weighted by Crippen LogP contribution is -2.13. The number of carbonyl (C=O) groups is 1. The summed E-state index contributed by atoms with van der Waals surface area (Å²) in [5.41, 5.74) is 1.91. The zero-order valence-corrected chi connectivity index (χ0v) is 12.6. The molecule has 6 heteroatoms. The molecule has 1 aromatic heterocycles. The van der Waals surface area contributed by atoms with Crippen LogP contribution >= 0.6 is 0 Å². The van der Waals surface area contributed by atoms with Crippen molar-refractivity contribution in [1.82, 2.24) is 4.98 Å². The van der Waals surface area contributed by atoms with Gasteiger partial charge in [0, 0.05) is 28.4 Å². The highest BCUT2D eigenvalue weighted by Crippen LogP contribution is 2.21. The molecule has 3 rings (SSSR count). The van der Waals surface area contributed by atoms with Gasteiger partial charge in [-0.15, -0.1) is 0 Å². The van der Waals surface area contributed by atoms with Gasteiger partial charge in [-0.2, -0.15) is 0 Å². The SMILES string of the molecule is CC(=O)c1ccc(S(=O)(=O)Nc2ccc3[nH]ccc3c2)cc1. The van der Waals surface area contributed by atoms with Crippen LogP contribution in [0.5, 0.6) is 0 Å². The number of rotatable bonds is 4. The summed E-state index contributed by atoms with van der Waals surface area (Å²) in [5, 5.41) is 0.923. The number of aromatic amines is 1. The molecule has 112 valence electrons. The van der Waals surface area contributed by atoms with E-state index in [-0.39, 0.29) is 10.7 Å². The quantitative estimate of drug-likeness (QED) is 0.726. The van der Waals surface area contributed by atoms with E-state index in [9.17, 15) is 13.2 Å². The molecular weight excluding hydrogens is 300 g/mol. The normalized spacial score (nSPS) is 11.5.